The van der Waals surface area contributed by atoms with Crippen LogP contribution in [0.3, 0.4) is 0 Å². The van der Waals surface area contributed by atoms with E-state index in [1.807, 2.05) is 16.9 Å². The molecule has 1 heterocycles. The minimum Gasteiger partial charge on any atom is -0.494 e. The van der Waals surface area contributed by atoms with Gasteiger partial charge in [0.2, 0.25) is 0 Å². The Bertz CT molecular complexity index is 550. The first-order chi connectivity index (χ1) is 10.3. The molecule has 114 valence electrons. The van der Waals surface area contributed by atoms with Crippen LogP contribution in [-0.2, 0) is 6.54 Å². The van der Waals surface area contributed by atoms with Gasteiger partial charge in [-0.05, 0) is 37.6 Å². The maximum absolute atomic E-state index is 5.74. The molecule has 0 aliphatic carbocycles. The van der Waals surface area contributed by atoms with E-state index in [2.05, 4.69) is 55.6 Å². The Morgan fingerprint density at radius 2 is 2.10 bits per heavy atom. The second-order valence-corrected chi connectivity index (χ2v) is 5.04. The standard InChI is InChI=1S/C17H25N3O/c1-4-10-21-16-9-7-8-14(11-16)17(18-5-2)15-12-19-20(6-3)13-15/h7-9,11-13,17-18H,4-6,10H2,1-3H3. The molecule has 4 nitrogen and oxygen atoms in total. The molecular formula is C17H25N3O. The van der Waals surface area contributed by atoms with E-state index in [9.17, 15) is 0 Å². The van der Waals surface area contributed by atoms with E-state index in [4.69, 9.17) is 4.74 Å². The molecule has 0 saturated heterocycles. The predicted molar refractivity (Wildman–Crippen MR) is 85.6 cm³/mol. The van der Waals surface area contributed by atoms with Crippen molar-refractivity contribution in [2.24, 2.45) is 0 Å². The molecule has 0 saturated carbocycles. The molecule has 0 spiro atoms. The maximum atomic E-state index is 5.74. The van der Waals surface area contributed by atoms with Crippen molar-refractivity contribution in [3.05, 3.63) is 47.8 Å². The Morgan fingerprint density at radius 3 is 2.76 bits per heavy atom. The summed E-state index contributed by atoms with van der Waals surface area (Å²) in [6.07, 6.45) is 5.06. The molecule has 0 amide bonds. The zero-order valence-corrected chi connectivity index (χ0v) is 13.2. The molecule has 1 atom stereocenters. The molecule has 2 rings (SSSR count). The number of nitrogens with zero attached hydrogens (tertiary/aromatic N) is 2. The number of hydrogen-bond donors (Lipinski definition) is 1. The van der Waals surface area contributed by atoms with E-state index in [1.54, 1.807) is 0 Å². The van der Waals surface area contributed by atoms with Crippen molar-refractivity contribution in [1.29, 1.82) is 0 Å². The lowest BCUT2D eigenvalue weighted by Gasteiger charge is -2.18. The number of aryl methyl sites for hydroxylation is 1. The third-order valence-corrected chi connectivity index (χ3v) is 3.38. The van der Waals surface area contributed by atoms with E-state index in [0.717, 1.165) is 31.9 Å². The van der Waals surface area contributed by atoms with Gasteiger partial charge in [-0.2, -0.15) is 5.10 Å². The Morgan fingerprint density at radius 1 is 1.24 bits per heavy atom. The van der Waals surface area contributed by atoms with Crippen LogP contribution in [0.15, 0.2) is 36.7 Å². The fraction of sp³-hybridized carbons (Fsp3) is 0.471. The Hall–Kier alpha value is -1.81. The molecular weight excluding hydrogens is 262 g/mol. The number of rotatable bonds is 8. The maximum Gasteiger partial charge on any atom is 0.119 e. The lowest BCUT2D eigenvalue weighted by atomic mass is 10.0. The highest BCUT2D eigenvalue weighted by Gasteiger charge is 2.15. The highest BCUT2D eigenvalue weighted by atomic mass is 16.5. The van der Waals surface area contributed by atoms with Crippen molar-refractivity contribution < 1.29 is 4.74 Å². The molecule has 1 N–H and O–H groups in total. The molecule has 1 unspecified atom stereocenters. The van der Waals surface area contributed by atoms with E-state index in [-0.39, 0.29) is 6.04 Å². The minimum atomic E-state index is 0.153. The summed E-state index contributed by atoms with van der Waals surface area (Å²) in [5, 5.41) is 7.91. The summed E-state index contributed by atoms with van der Waals surface area (Å²) in [6.45, 7) is 8.88. The lowest BCUT2D eigenvalue weighted by molar-refractivity contribution is 0.317. The molecule has 0 bridgehead atoms. The van der Waals surface area contributed by atoms with Crippen LogP contribution in [0.1, 0.15) is 44.4 Å². The van der Waals surface area contributed by atoms with E-state index in [0.29, 0.717) is 0 Å². The van der Waals surface area contributed by atoms with Crippen molar-refractivity contribution >= 4 is 0 Å². The first kappa shape index (κ1) is 15.6. The summed E-state index contributed by atoms with van der Waals surface area (Å²) in [6, 6.07) is 8.47. The topological polar surface area (TPSA) is 39.1 Å². The first-order valence-corrected chi connectivity index (χ1v) is 7.77. The van der Waals surface area contributed by atoms with Crippen LogP contribution in [0.25, 0.3) is 0 Å². The molecule has 1 aromatic heterocycles. The van der Waals surface area contributed by atoms with Crippen molar-refractivity contribution in [2.75, 3.05) is 13.2 Å². The van der Waals surface area contributed by atoms with Crippen molar-refractivity contribution in [1.82, 2.24) is 15.1 Å². The van der Waals surface area contributed by atoms with E-state index in [1.165, 1.54) is 11.1 Å². The van der Waals surface area contributed by atoms with Gasteiger partial charge in [-0.15, -0.1) is 0 Å². The van der Waals surface area contributed by atoms with Crippen LogP contribution in [0.2, 0.25) is 0 Å². The lowest BCUT2D eigenvalue weighted by Crippen LogP contribution is -2.21. The van der Waals surface area contributed by atoms with Gasteiger partial charge in [-0.1, -0.05) is 26.0 Å². The van der Waals surface area contributed by atoms with Gasteiger partial charge >= 0.3 is 0 Å². The zero-order chi connectivity index (χ0) is 15.1. The minimum absolute atomic E-state index is 0.153. The van der Waals surface area contributed by atoms with Crippen molar-refractivity contribution in [3.63, 3.8) is 0 Å². The second kappa shape index (κ2) is 7.84. The van der Waals surface area contributed by atoms with Crippen LogP contribution in [-0.4, -0.2) is 22.9 Å². The average Bonchev–Trinajstić information content (AvgIpc) is 2.99. The molecule has 2 aromatic rings. The fourth-order valence-electron chi connectivity index (χ4n) is 2.34. The van der Waals surface area contributed by atoms with Gasteiger partial charge in [0.15, 0.2) is 0 Å². The summed E-state index contributed by atoms with van der Waals surface area (Å²) < 4.78 is 7.69. The highest BCUT2D eigenvalue weighted by molar-refractivity contribution is 5.35. The monoisotopic (exact) mass is 287 g/mol. The average molecular weight is 287 g/mol. The highest BCUT2D eigenvalue weighted by Crippen LogP contribution is 2.25. The van der Waals surface area contributed by atoms with Crippen LogP contribution in [0.4, 0.5) is 0 Å². The summed E-state index contributed by atoms with van der Waals surface area (Å²) >= 11 is 0. The second-order valence-electron chi connectivity index (χ2n) is 5.04. The summed E-state index contributed by atoms with van der Waals surface area (Å²) in [4.78, 5) is 0. The van der Waals surface area contributed by atoms with Crippen LogP contribution < -0.4 is 10.1 Å². The quantitative estimate of drug-likeness (QED) is 0.809. The van der Waals surface area contributed by atoms with Gasteiger partial charge in [0.1, 0.15) is 5.75 Å². The van der Waals surface area contributed by atoms with E-state index >= 15 is 0 Å². The molecule has 21 heavy (non-hydrogen) atoms. The summed E-state index contributed by atoms with van der Waals surface area (Å²) in [5.74, 6) is 0.931. The molecule has 0 fully saturated rings. The zero-order valence-electron chi connectivity index (χ0n) is 13.2. The predicted octanol–water partition coefficient (Wildman–Crippen LogP) is 3.39. The van der Waals surface area contributed by atoms with Gasteiger partial charge in [0, 0.05) is 18.3 Å². The van der Waals surface area contributed by atoms with Crippen LogP contribution in [0.5, 0.6) is 5.75 Å². The van der Waals surface area contributed by atoms with Gasteiger partial charge in [-0.3, -0.25) is 4.68 Å². The number of aromatic nitrogens is 2. The Labute approximate surface area is 127 Å². The molecule has 1 aromatic carbocycles. The normalized spacial score (nSPS) is 12.3. The van der Waals surface area contributed by atoms with Crippen molar-refractivity contribution in [3.8, 4) is 5.75 Å². The Balaban J connectivity index is 2.24. The Kier molecular flexibility index (Phi) is 5.81. The van der Waals surface area contributed by atoms with Crippen LogP contribution >= 0.6 is 0 Å². The van der Waals surface area contributed by atoms with Crippen LogP contribution in [0, 0.1) is 0 Å². The summed E-state index contributed by atoms with van der Waals surface area (Å²) in [7, 11) is 0. The summed E-state index contributed by atoms with van der Waals surface area (Å²) in [5.41, 5.74) is 2.40. The number of benzene rings is 1. The largest absolute Gasteiger partial charge is 0.494 e. The number of hydrogen-bond acceptors (Lipinski definition) is 3. The number of nitrogens with one attached hydrogen (secondary N) is 1. The van der Waals surface area contributed by atoms with Crippen molar-refractivity contribution in [2.45, 2.75) is 39.8 Å². The molecule has 0 aliphatic heterocycles. The SMILES string of the molecule is CCCOc1cccc(C(NCC)c2cnn(CC)c2)c1. The number of ether oxygens (including phenoxy) is 1. The third kappa shape index (κ3) is 4.08. The van der Waals surface area contributed by atoms with E-state index < -0.39 is 0 Å². The molecule has 0 radical (unpaired) electrons. The van der Waals surface area contributed by atoms with Gasteiger partial charge in [0.25, 0.3) is 0 Å². The van der Waals surface area contributed by atoms with Gasteiger partial charge < -0.3 is 10.1 Å². The third-order valence-electron chi connectivity index (χ3n) is 3.38. The fourth-order valence-corrected chi connectivity index (χ4v) is 2.34. The smallest absolute Gasteiger partial charge is 0.119 e. The van der Waals surface area contributed by atoms with Gasteiger partial charge in [-0.25, -0.2) is 0 Å². The first-order valence-electron chi connectivity index (χ1n) is 7.77. The molecule has 0 aliphatic rings. The molecule has 4 heteroatoms. The van der Waals surface area contributed by atoms with Gasteiger partial charge in [0.05, 0.1) is 18.8 Å².